The van der Waals surface area contributed by atoms with E-state index in [0.29, 0.717) is 73.5 Å². The fraction of sp³-hybridized carbons (Fsp3) is 0.362. The molecule has 0 saturated carbocycles. The lowest BCUT2D eigenvalue weighted by atomic mass is 9.74. The number of thiocarbonyl (C=S) groups is 1. The molecule has 372 valence electrons. The predicted molar refractivity (Wildman–Crippen MR) is 260 cm³/mol. The number of rotatable bonds is 22. The van der Waals surface area contributed by atoms with Gasteiger partial charge in [-0.25, -0.2) is 18.0 Å². The van der Waals surface area contributed by atoms with Gasteiger partial charge < -0.3 is 58.1 Å². The van der Waals surface area contributed by atoms with Gasteiger partial charge in [-0.2, -0.15) is 4.31 Å². The molecule has 5 atom stereocenters. The SMILES string of the molecule is NC(N)=NCCCCC(=O)NC(CCCCNC(=S)Nc1ccc(C2c3ccc(O)cc3OC3=CC(=O)C=CC32)c(C(=O)O)c1)C(=O)NCC(NC(=O)[C@@H]1CCCN1S(=O)(=O)c1ccccc1)C(=O)O. The smallest absolute Gasteiger partial charge is 0.336 e. The van der Waals surface area contributed by atoms with E-state index < -0.39 is 76.2 Å². The molecule has 1 aliphatic carbocycles. The van der Waals surface area contributed by atoms with Crippen molar-refractivity contribution in [2.24, 2.45) is 22.4 Å². The molecule has 2 aliphatic heterocycles. The molecule has 1 fully saturated rings. The first-order valence-electron chi connectivity index (χ1n) is 22.5. The highest BCUT2D eigenvalue weighted by molar-refractivity contribution is 7.89. The summed E-state index contributed by atoms with van der Waals surface area (Å²) in [6, 6.07) is 13.0. The zero-order valence-electron chi connectivity index (χ0n) is 37.8. The third kappa shape index (κ3) is 13.4. The summed E-state index contributed by atoms with van der Waals surface area (Å²) >= 11 is 5.51. The van der Waals surface area contributed by atoms with Crippen LogP contribution in [0.2, 0.25) is 0 Å². The van der Waals surface area contributed by atoms with Gasteiger partial charge in [0.05, 0.1) is 10.5 Å². The summed E-state index contributed by atoms with van der Waals surface area (Å²) in [6.07, 6.45) is 6.80. The number of ether oxygens (including phenoxy) is 1. The van der Waals surface area contributed by atoms with Crippen LogP contribution in [0, 0.1) is 5.92 Å². The highest BCUT2D eigenvalue weighted by atomic mass is 32.2. The number of phenolic OH excluding ortho intramolecular Hbond substituents is 1. The highest BCUT2D eigenvalue weighted by Gasteiger charge is 2.41. The number of nitrogens with zero attached hydrogens (tertiary/aromatic N) is 2. The van der Waals surface area contributed by atoms with Crippen molar-refractivity contribution in [2.45, 2.75) is 80.3 Å². The van der Waals surface area contributed by atoms with Crippen LogP contribution in [0.25, 0.3) is 0 Å². The van der Waals surface area contributed by atoms with Crippen LogP contribution in [0.4, 0.5) is 5.69 Å². The van der Waals surface area contributed by atoms with E-state index in [1.54, 1.807) is 42.5 Å². The average Bonchev–Trinajstić information content (AvgIpc) is 3.83. The molecule has 6 rings (SSSR count). The number of carboxylic acids is 2. The second kappa shape index (κ2) is 23.8. The Morgan fingerprint density at radius 3 is 2.40 bits per heavy atom. The van der Waals surface area contributed by atoms with E-state index in [9.17, 15) is 52.5 Å². The van der Waals surface area contributed by atoms with E-state index in [4.69, 9.17) is 28.4 Å². The fourth-order valence-electron chi connectivity index (χ4n) is 8.39. The molecular formula is C47H55N9O12S2. The minimum atomic E-state index is -4.06. The molecule has 3 aliphatic rings. The zero-order chi connectivity index (χ0) is 50.5. The molecule has 3 amide bonds. The Morgan fingerprint density at radius 1 is 0.914 bits per heavy atom. The number of sulfonamides is 1. The largest absolute Gasteiger partial charge is 0.508 e. The van der Waals surface area contributed by atoms with Crippen molar-refractivity contribution in [2.75, 3.05) is 31.5 Å². The number of carbonyl (C=O) groups is 6. The lowest BCUT2D eigenvalue weighted by molar-refractivity contribution is -0.142. The van der Waals surface area contributed by atoms with E-state index in [1.807, 2.05) is 0 Å². The molecule has 3 aromatic carbocycles. The molecule has 23 heteroatoms. The second-order valence-electron chi connectivity index (χ2n) is 16.7. The number of nitrogens with two attached hydrogens (primary N) is 2. The minimum absolute atomic E-state index is 0.00968. The van der Waals surface area contributed by atoms with Crippen LogP contribution >= 0.6 is 12.2 Å². The maximum atomic E-state index is 13.6. The van der Waals surface area contributed by atoms with Gasteiger partial charge in [-0.05, 0) is 99.1 Å². The lowest BCUT2D eigenvalue weighted by Crippen LogP contribution is -2.55. The number of aromatic hydroxyl groups is 1. The standard InChI is InChI=1S/C47H55N9O12S2/c48-46(49)50-20-7-5-13-40(59)54-35(42(60)52-26-36(45(64)65)55-43(61)37-12-8-22-56(37)70(66,67)30-9-2-1-3-10-30)11-4-6-21-51-47(69)53-27-14-17-31(34(23-27)44(62)63)41-32-18-15-28(57)24-38(32)68-39-25-29(58)16-19-33(39)41/h1-3,9-10,14-19,23-25,32,35-37,41,58H,4-8,11-13,20-22,26H2,(H,52,60)(H,54,59)(H,55,61)(H,62,63)(H,64,65)(H4,48,49,50)(H2,51,53,69)/t32?,35?,36?,37-,41?/m0/s1. The van der Waals surface area contributed by atoms with Crippen LogP contribution in [-0.4, -0.2) is 119 Å². The third-order valence-corrected chi connectivity index (χ3v) is 14.0. The van der Waals surface area contributed by atoms with E-state index in [0.717, 1.165) is 4.31 Å². The monoisotopic (exact) mass is 1000 g/mol. The number of unbranched alkanes of at least 4 members (excludes halogenated alkanes) is 2. The Kier molecular flexibility index (Phi) is 17.7. The summed E-state index contributed by atoms with van der Waals surface area (Å²) in [4.78, 5) is 81.1. The van der Waals surface area contributed by atoms with Crippen molar-refractivity contribution < 1.29 is 57.2 Å². The van der Waals surface area contributed by atoms with Crippen LogP contribution < -0.4 is 42.8 Å². The van der Waals surface area contributed by atoms with Gasteiger partial charge in [0.2, 0.25) is 27.7 Å². The number of guanidine groups is 1. The molecule has 4 unspecified atom stereocenters. The van der Waals surface area contributed by atoms with Gasteiger partial charge >= 0.3 is 11.9 Å². The van der Waals surface area contributed by atoms with Crippen molar-refractivity contribution in [3.05, 3.63) is 107 Å². The van der Waals surface area contributed by atoms with Crippen molar-refractivity contribution in [3.8, 4) is 11.5 Å². The number of ketones is 1. The van der Waals surface area contributed by atoms with Crippen molar-refractivity contribution >= 4 is 74.4 Å². The van der Waals surface area contributed by atoms with Gasteiger partial charge in [-0.1, -0.05) is 36.4 Å². The summed E-state index contributed by atoms with van der Waals surface area (Å²) in [6.45, 7) is 0.0809. The van der Waals surface area contributed by atoms with Crippen LogP contribution in [0.5, 0.6) is 11.5 Å². The highest BCUT2D eigenvalue weighted by Crippen LogP contribution is 2.49. The molecule has 2 heterocycles. The van der Waals surface area contributed by atoms with Crippen LogP contribution in [0.1, 0.15) is 78.8 Å². The Hall–Kier alpha value is -7.37. The van der Waals surface area contributed by atoms with Gasteiger partial charge in [-0.15, -0.1) is 0 Å². The number of aromatic carboxylic acids is 1. The number of hydrogen-bond donors (Lipinski definition) is 10. The normalized spacial score (nSPS) is 18.1. The average molecular weight is 1000 g/mol. The number of nitrogens with one attached hydrogen (secondary N) is 5. The number of anilines is 1. The fourth-order valence-corrected chi connectivity index (χ4v) is 10.3. The summed E-state index contributed by atoms with van der Waals surface area (Å²) in [5.74, 6) is -5.56. The van der Waals surface area contributed by atoms with Crippen LogP contribution in [-0.2, 0) is 34.0 Å². The first kappa shape index (κ1) is 52.0. The van der Waals surface area contributed by atoms with E-state index in [2.05, 4.69) is 31.6 Å². The summed E-state index contributed by atoms with van der Waals surface area (Å²) < 4.78 is 33.7. The topological polar surface area (TPSA) is 334 Å². The number of aliphatic carboxylic acids is 1. The van der Waals surface area contributed by atoms with Gasteiger partial charge in [0.25, 0.3) is 0 Å². The second-order valence-corrected chi connectivity index (χ2v) is 19.0. The molecular weight excluding hydrogens is 947 g/mol. The zero-order valence-corrected chi connectivity index (χ0v) is 39.5. The molecule has 70 heavy (non-hydrogen) atoms. The number of carbonyl (C=O) groups excluding carboxylic acids is 4. The number of benzene rings is 3. The summed E-state index contributed by atoms with van der Waals surface area (Å²) in [5.41, 5.74) is 12.1. The number of fused-ring (bicyclic) bond motifs is 2. The third-order valence-electron chi connectivity index (χ3n) is 11.8. The van der Waals surface area contributed by atoms with E-state index in [1.165, 1.54) is 42.5 Å². The van der Waals surface area contributed by atoms with Crippen LogP contribution in [0.3, 0.4) is 0 Å². The first-order valence-corrected chi connectivity index (χ1v) is 24.4. The molecule has 0 spiro atoms. The van der Waals surface area contributed by atoms with E-state index >= 15 is 0 Å². The van der Waals surface area contributed by atoms with Gasteiger partial charge in [-0.3, -0.25) is 24.2 Å². The number of allylic oxidation sites excluding steroid dienone is 3. The van der Waals surface area contributed by atoms with Crippen molar-refractivity contribution in [1.29, 1.82) is 0 Å². The first-order chi connectivity index (χ1) is 33.4. The summed E-state index contributed by atoms with van der Waals surface area (Å²) in [5, 5.41) is 44.3. The Labute approximate surface area is 408 Å². The molecule has 3 aromatic rings. The predicted octanol–water partition coefficient (Wildman–Crippen LogP) is 2.18. The molecule has 0 bridgehead atoms. The lowest BCUT2D eigenvalue weighted by Gasteiger charge is -2.35. The van der Waals surface area contributed by atoms with Crippen molar-refractivity contribution in [3.63, 3.8) is 0 Å². The van der Waals surface area contributed by atoms with Gasteiger partial charge in [0.1, 0.15) is 35.4 Å². The molecule has 0 aromatic heterocycles. The Balaban J connectivity index is 1.05. The maximum Gasteiger partial charge on any atom is 0.336 e. The number of phenols is 1. The number of aliphatic imine (C=N–C) groups is 1. The van der Waals surface area contributed by atoms with Crippen molar-refractivity contribution in [1.82, 2.24) is 25.6 Å². The Morgan fingerprint density at radius 2 is 1.67 bits per heavy atom. The minimum Gasteiger partial charge on any atom is -0.508 e. The van der Waals surface area contributed by atoms with E-state index in [-0.39, 0.29) is 58.9 Å². The van der Waals surface area contributed by atoms with Crippen LogP contribution in [0.15, 0.2) is 101 Å². The molecule has 1 saturated heterocycles. The quantitative estimate of drug-likeness (QED) is 0.0298. The number of carboxylic acid groups (broad SMARTS) is 2. The molecule has 0 radical (unpaired) electrons. The number of hydrogen-bond acceptors (Lipinski definition) is 12. The summed E-state index contributed by atoms with van der Waals surface area (Å²) in [7, 11) is -4.06. The van der Waals surface area contributed by atoms with Gasteiger partial charge in [0.15, 0.2) is 16.9 Å². The maximum absolute atomic E-state index is 13.6. The molecule has 21 nitrogen and oxygen atoms in total. The molecule has 12 N–H and O–H groups in total. The van der Waals surface area contributed by atoms with Gasteiger partial charge in [0, 0.05) is 67.8 Å². The Bertz CT molecular complexity index is 2690. The number of amides is 3.